The van der Waals surface area contributed by atoms with Gasteiger partial charge in [0.25, 0.3) is 0 Å². The molecule has 0 aromatic heterocycles. The van der Waals surface area contributed by atoms with Crippen LogP contribution < -0.4 is 5.32 Å². The molecule has 1 aromatic rings. The summed E-state index contributed by atoms with van der Waals surface area (Å²) in [4.78, 5) is 0. The number of halogens is 1. The van der Waals surface area contributed by atoms with Gasteiger partial charge in [-0.25, -0.2) is 0 Å². The van der Waals surface area contributed by atoms with E-state index in [2.05, 4.69) is 21.2 Å². The number of rotatable bonds is 8. The van der Waals surface area contributed by atoms with Crippen LogP contribution in [0.3, 0.4) is 0 Å². The van der Waals surface area contributed by atoms with Crippen molar-refractivity contribution in [3.63, 3.8) is 0 Å². The van der Waals surface area contributed by atoms with Gasteiger partial charge in [-0.1, -0.05) is 6.07 Å². The lowest BCUT2D eigenvalue weighted by Gasteiger charge is -2.17. The zero-order valence-electron chi connectivity index (χ0n) is 11.6. The van der Waals surface area contributed by atoms with Gasteiger partial charge in [0.05, 0.1) is 25.4 Å². The maximum atomic E-state index is 9.84. The van der Waals surface area contributed by atoms with Crippen molar-refractivity contribution in [3.8, 4) is 0 Å². The zero-order valence-corrected chi connectivity index (χ0v) is 13.2. The third-order valence-corrected chi connectivity index (χ3v) is 3.32. The number of aliphatic hydroxyl groups is 1. The van der Waals surface area contributed by atoms with E-state index in [1.165, 1.54) is 5.56 Å². The van der Waals surface area contributed by atoms with Gasteiger partial charge in [-0.2, -0.15) is 0 Å². The highest BCUT2D eigenvalue weighted by molar-refractivity contribution is 9.10. The van der Waals surface area contributed by atoms with Crippen molar-refractivity contribution >= 4 is 21.6 Å². The summed E-state index contributed by atoms with van der Waals surface area (Å²) in [6, 6.07) is 6.05. The molecule has 0 amide bonds. The lowest BCUT2D eigenvalue weighted by Crippen LogP contribution is -2.28. The zero-order chi connectivity index (χ0) is 14.3. The second-order valence-electron chi connectivity index (χ2n) is 4.62. The molecule has 1 rings (SSSR count). The van der Waals surface area contributed by atoms with Crippen molar-refractivity contribution in [2.75, 3.05) is 32.2 Å². The normalized spacial score (nSPS) is 14.2. The smallest absolute Gasteiger partial charge is 0.0945 e. The molecule has 0 aliphatic heterocycles. The number of ether oxygens (including phenoxy) is 2. The van der Waals surface area contributed by atoms with E-state index in [-0.39, 0.29) is 6.10 Å². The first-order valence-electron chi connectivity index (χ1n) is 6.31. The van der Waals surface area contributed by atoms with E-state index in [9.17, 15) is 5.11 Å². The van der Waals surface area contributed by atoms with Crippen LogP contribution in [0.2, 0.25) is 0 Å². The van der Waals surface area contributed by atoms with Gasteiger partial charge in [0, 0.05) is 23.8 Å². The highest BCUT2D eigenvalue weighted by Crippen LogP contribution is 2.23. The molecule has 0 saturated carbocycles. The Balaban J connectivity index is 2.33. The molecule has 0 aliphatic rings. The first-order valence-corrected chi connectivity index (χ1v) is 7.11. The van der Waals surface area contributed by atoms with Gasteiger partial charge >= 0.3 is 0 Å². The molecule has 2 unspecified atom stereocenters. The van der Waals surface area contributed by atoms with Gasteiger partial charge in [-0.15, -0.1) is 0 Å². The molecule has 0 fully saturated rings. The fourth-order valence-electron chi connectivity index (χ4n) is 1.62. The molecule has 5 heteroatoms. The van der Waals surface area contributed by atoms with Crippen molar-refractivity contribution in [1.82, 2.24) is 0 Å². The summed E-state index contributed by atoms with van der Waals surface area (Å²) < 4.78 is 11.4. The van der Waals surface area contributed by atoms with Crippen molar-refractivity contribution in [2.24, 2.45) is 0 Å². The number of hydrogen-bond donors (Lipinski definition) is 2. The van der Waals surface area contributed by atoms with Crippen LogP contribution in [0.15, 0.2) is 22.7 Å². The number of nitrogens with one attached hydrogen (secondary N) is 1. The number of methoxy groups -OCH3 is 1. The standard InChI is InChI=1S/C14H22BrNO3/c1-10-4-5-13(15)14(6-10)16-7-12(17)9-19-11(2)8-18-3/h4-6,11-12,16-17H,7-9H2,1-3H3. The lowest BCUT2D eigenvalue weighted by atomic mass is 10.2. The molecule has 0 aliphatic carbocycles. The molecule has 0 heterocycles. The first kappa shape index (κ1) is 16.4. The van der Waals surface area contributed by atoms with E-state index >= 15 is 0 Å². The molecule has 0 spiro atoms. The fourth-order valence-corrected chi connectivity index (χ4v) is 2.01. The van der Waals surface area contributed by atoms with Crippen LogP contribution in [0.1, 0.15) is 12.5 Å². The topological polar surface area (TPSA) is 50.7 Å². The molecular weight excluding hydrogens is 310 g/mol. The highest BCUT2D eigenvalue weighted by Gasteiger charge is 2.09. The van der Waals surface area contributed by atoms with E-state index in [0.717, 1.165) is 10.2 Å². The van der Waals surface area contributed by atoms with Gasteiger partial charge in [-0.05, 0) is 47.5 Å². The van der Waals surface area contributed by atoms with Crippen LogP contribution in [-0.4, -0.2) is 44.2 Å². The maximum absolute atomic E-state index is 9.84. The molecule has 0 radical (unpaired) electrons. The average Bonchev–Trinajstić information content (AvgIpc) is 2.38. The monoisotopic (exact) mass is 331 g/mol. The molecular formula is C14H22BrNO3. The van der Waals surface area contributed by atoms with Crippen LogP contribution in [-0.2, 0) is 9.47 Å². The van der Waals surface area contributed by atoms with Crippen LogP contribution >= 0.6 is 15.9 Å². The lowest BCUT2D eigenvalue weighted by molar-refractivity contribution is -0.0282. The van der Waals surface area contributed by atoms with E-state index < -0.39 is 6.10 Å². The molecule has 0 bridgehead atoms. The Labute approximate surface area is 123 Å². The molecule has 2 atom stereocenters. The van der Waals surface area contributed by atoms with E-state index in [4.69, 9.17) is 9.47 Å². The maximum Gasteiger partial charge on any atom is 0.0945 e. The summed E-state index contributed by atoms with van der Waals surface area (Å²) in [5, 5.41) is 13.0. The molecule has 1 aromatic carbocycles. The summed E-state index contributed by atoms with van der Waals surface area (Å²) in [5.74, 6) is 0. The van der Waals surface area contributed by atoms with Crippen LogP contribution in [0.5, 0.6) is 0 Å². The van der Waals surface area contributed by atoms with Gasteiger partial charge in [0.15, 0.2) is 0 Å². The average molecular weight is 332 g/mol. The number of anilines is 1. The third kappa shape index (κ3) is 6.38. The predicted octanol–water partition coefficient (Wildman–Crippen LogP) is 2.58. The quantitative estimate of drug-likeness (QED) is 0.768. The molecule has 4 nitrogen and oxygen atoms in total. The van der Waals surface area contributed by atoms with Crippen molar-refractivity contribution in [1.29, 1.82) is 0 Å². The minimum absolute atomic E-state index is 0.00893. The van der Waals surface area contributed by atoms with Gasteiger partial charge < -0.3 is 19.9 Å². The Morgan fingerprint density at radius 2 is 2.11 bits per heavy atom. The van der Waals surface area contributed by atoms with Gasteiger partial charge in [0.2, 0.25) is 0 Å². The highest BCUT2D eigenvalue weighted by atomic mass is 79.9. The van der Waals surface area contributed by atoms with E-state index in [1.807, 2.05) is 32.0 Å². The van der Waals surface area contributed by atoms with Crippen molar-refractivity contribution < 1.29 is 14.6 Å². The summed E-state index contributed by atoms with van der Waals surface area (Å²) in [5.41, 5.74) is 2.15. The Morgan fingerprint density at radius 3 is 2.79 bits per heavy atom. The number of aliphatic hydroxyl groups excluding tert-OH is 1. The van der Waals surface area contributed by atoms with Crippen LogP contribution in [0.25, 0.3) is 0 Å². The van der Waals surface area contributed by atoms with E-state index in [0.29, 0.717) is 19.8 Å². The Morgan fingerprint density at radius 1 is 1.37 bits per heavy atom. The number of benzene rings is 1. The predicted molar refractivity (Wildman–Crippen MR) is 80.7 cm³/mol. The fraction of sp³-hybridized carbons (Fsp3) is 0.571. The van der Waals surface area contributed by atoms with Gasteiger partial charge in [0.1, 0.15) is 0 Å². The SMILES string of the molecule is COCC(C)OCC(O)CNc1cc(C)ccc1Br. The van der Waals surface area contributed by atoms with Crippen LogP contribution in [0, 0.1) is 6.92 Å². The summed E-state index contributed by atoms with van der Waals surface area (Å²) in [6.45, 7) is 5.22. The van der Waals surface area contributed by atoms with E-state index in [1.54, 1.807) is 7.11 Å². The Kier molecular flexibility index (Phi) is 7.38. The first-order chi connectivity index (χ1) is 9.02. The molecule has 19 heavy (non-hydrogen) atoms. The van der Waals surface area contributed by atoms with Gasteiger partial charge in [-0.3, -0.25) is 0 Å². The molecule has 0 saturated heterocycles. The third-order valence-electron chi connectivity index (χ3n) is 2.62. The largest absolute Gasteiger partial charge is 0.389 e. The Hall–Kier alpha value is -0.620. The number of hydrogen-bond acceptors (Lipinski definition) is 4. The second kappa shape index (κ2) is 8.53. The van der Waals surface area contributed by atoms with Crippen LogP contribution in [0.4, 0.5) is 5.69 Å². The summed E-state index contributed by atoms with van der Waals surface area (Å²) in [6.07, 6.45) is -0.558. The summed E-state index contributed by atoms with van der Waals surface area (Å²) >= 11 is 3.47. The minimum Gasteiger partial charge on any atom is -0.389 e. The minimum atomic E-state index is -0.549. The molecule has 108 valence electrons. The van der Waals surface area contributed by atoms with Crippen molar-refractivity contribution in [3.05, 3.63) is 28.2 Å². The summed E-state index contributed by atoms with van der Waals surface area (Å²) in [7, 11) is 1.63. The Bertz CT molecular complexity index is 387. The second-order valence-corrected chi connectivity index (χ2v) is 5.47. The molecule has 2 N–H and O–H groups in total. The van der Waals surface area contributed by atoms with Crippen molar-refractivity contribution in [2.45, 2.75) is 26.1 Å². The number of aryl methyl sites for hydroxylation is 1.